The summed E-state index contributed by atoms with van der Waals surface area (Å²) in [5, 5.41) is 8.06. The van der Waals surface area contributed by atoms with Crippen molar-refractivity contribution in [3.8, 4) is 5.95 Å². The number of anilines is 2. The normalized spacial score (nSPS) is 23.8. The highest BCUT2D eigenvalue weighted by atomic mass is 16.5. The van der Waals surface area contributed by atoms with Gasteiger partial charge in [0.25, 0.3) is 5.95 Å². The number of nitrogens with one attached hydrogen (secondary N) is 1. The predicted octanol–water partition coefficient (Wildman–Crippen LogP) is 1.49. The molecular formula is C18H27N7O. The summed E-state index contributed by atoms with van der Waals surface area (Å²) < 4.78 is 7.21. The van der Waals surface area contributed by atoms with Crippen LogP contribution in [-0.2, 0) is 4.74 Å². The van der Waals surface area contributed by atoms with E-state index in [1.807, 2.05) is 25.3 Å². The molecule has 1 saturated heterocycles. The first-order valence-electron chi connectivity index (χ1n) is 9.44. The van der Waals surface area contributed by atoms with Crippen molar-refractivity contribution in [3.63, 3.8) is 0 Å². The first-order chi connectivity index (χ1) is 12.7. The van der Waals surface area contributed by atoms with Crippen molar-refractivity contribution in [2.45, 2.75) is 44.7 Å². The number of morpholine rings is 1. The lowest BCUT2D eigenvalue weighted by Gasteiger charge is -2.30. The van der Waals surface area contributed by atoms with Crippen LogP contribution >= 0.6 is 0 Å². The minimum absolute atomic E-state index is 0.338. The molecule has 1 aliphatic heterocycles. The Bertz CT molecular complexity index is 733. The summed E-state index contributed by atoms with van der Waals surface area (Å²) in [6, 6.07) is 4.75. The Hall–Kier alpha value is -2.19. The van der Waals surface area contributed by atoms with Crippen molar-refractivity contribution in [1.29, 1.82) is 0 Å². The zero-order chi connectivity index (χ0) is 17.9. The summed E-state index contributed by atoms with van der Waals surface area (Å²) in [5.41, 5.74) is 6.98. The summed E-state index contributed by atoms with van der Waals surface area (Å²) in [7, 11) is 0. The lowest BCUT2D eigenvalue weighted by molar-refractivity contribution is 0.122. The van der Waals surface area contributed by atoms with E-state index in [0.717, 1.165) is 69.3 Å². The smallest absolute Gasteiger partial charge is 0.254 e. The largest absolute Gasteiger partial charge is 0.378 e. The zero-order valence-electron chi connectivity index (χ0n) is 15.3. The van der Waals surface area contributed by atoms with Crippen LogP contribution in [0.3, 0.4) is 0 Å². The van der Waals surface area contributed by atoms with Crippen LogP contribution in [0.2, 0.25) is 0 Å². The zero-order valence-corrected chi connectivity index (χ0v) is 15.3. The number of ether oxygens (including phenoxy) is 1. The van der Waals surface area contributed by atoms with E-state index in [9.17, 15) is 0 Å². The number of hydrogen-bond acceptors (Lipinski definition) is 7. The maximum Gasteiger partial charge on any atom is 0.254 e. The molecule has 2 aromatic heterocycles. The van der Waals surface area contributed by atoms with Crippen LogP contribution in [0.25, 0.3) is 5.95 Å². The first-order valence-corrected chi connectivity index (χ1v) is 9.44. The van der Waals surface area contributed by atoms with E-state index in [1.54, 1.807) is 4.68 Å². The summed E-state index contributed by atoms with van der Waals surface area (Å²) >= 11 is 0. The first kappa shape index (κ1) is 17.2. The second kappa shape index (κ2) is 7.59. The van der Waals surface area contributed by atoms with E-state index < -0.39 is 0 Å². The number of rotatable bonds is 4. The molecule has 3 N–H and O–H groups in total. The molecule has 3 heterocycles. The maximum absolute atomic E-state index is 6.03. The van der Waals surface area contributed by atoms with Crippen LogP contribution in [0.15, 0.2) is 18.3 Å². The third-order valence-corrected chi connectivity index (χ3v) is 5.09. The molecule has 0 atom stereocenters. The summed E-state index contributed by atoms with van der Waals surface area (Å²) in [4.78, 5) is 11.7. The van der Waals surface area contributed by atoms with Crippen LogP contribution in [-0.4, -0.2) is 58.1 Å². The van der Waals surface area contributed by atoms with E-state index in [1.165, 1.54) is 0 Å². The number of nitrogens with two attached hydrogens (primary N) is 1. The quantitative estimate of drug-likeness (QED) is 0.856. The van der Waals surface area contributed by atoms with E-state index >= 15 is 0 Å². The number of aromatic nitrogens is 4. The topological polar surface area (TPSA) is 94.1 Å². The summed E-state index contributed by atoms with van der Waals surface area (Å²) in [5.74, 6) is 2.36. The maximum atomic E-state index is 6.03. The van der Waals surface area contributed by atoms with Gasteiger partial charge in [-0.05, 0) is 38.7 Å². The van der Waals surface area contributed by atoms with Gasteiger partial charge in [-0.15, -0.1) is 0 Å². The fourth-order valence-electron chi connectivity index (χ4n) is 3.55. The number of nitrogens with zero attached hydrogens (tertiary/aromatic N) is 5. The van der Waals surface area contributed by atoms with E-state index in [0.29, 0.717) is 18.0 Å². The Morgan fingerprint density at radius 3 is 2.62 bits per heavy atom. The number of aryl methyl sites for hydroxylation is 1. The fraction of sp³-hybridized carbons (Fsp3) is 0.611. The summed E-state index contributed by atoms with van der Waals surface area (Å²) in [6.07, 6.45) is 6.17. The van der Waals surface area contributed by atoms with Crippen LogP contribution in [0.1, 0.15) is 31.4 Å². The van der Waals surface area contributed by atoms with Crippen molar-refractivity contribution >= 4 is 11.6 Å². The fourth-order valence-corrected chi connectivity index (χ4v) is 3.55. The monoisotopic (exact) mass is 357 g/mol. The Morgan fingerprint density at radius 2 is 1.92 bits per heavy atom. The van der Waals surface area contributed by atoms with Crippen LogP contribution in [0, 0.1) is 6.92 Å². The molecule has 2 fully saturated rings. The van der Waals surface area contributed by atoms with E-state index in [-0.39, 0.29) is 0 Å². The molecule has 8 nitrogen and oxygen atoms in total. The number of hydrogen-bond donors (Lipinski definition) is 2. The van der Waals surface area contributed by atoms with Crippen molar-refractivity contribution in [3.05, 3.63) is 24.0 Å². The molecule has 2 aliphatic rings. The Morgan fingerprint density at radius 1 is 1.15 bits per heavy atom. The lowest BCUT2D eigenvalue weighted by Crippen LogP contribution is -2.37. The van der Waals surface area contributed by atoms with E-state index in [2.05, 4.69) is 15.3 Å². The van der Waals surface area contributed by atoms with Crippen LogP contribution in [0.5, 0.6) is 0 Å². The lowest BCUT2D eigenvalue weighted by atomic mass is 9.92. The van der Waals surface area contributed by atoms with Gasteiger partial charge < -0.3 is 20.7 Å². The third kappa shape index (κ3) is 3.96. The van der Waals surface area contributed by atoms with E-state index in [4.69, 9.17) is 20.4 Å². The van der Waals surface area contributed by atoms with Crippen molar-refractivity contribution in [1.82, 2.24) is 19.7 Å². The highest BCUT2D eigenvalue weighted by Gasteiger charge is 2.21. The predicted molar refractivity (Wildman–Crippen MR) is 101 cm³/mol. The van der Waals surface area contributed by atoms with Crippen molar-refractivity contribution < 1.29 is 4.74 Å². The summed E-state index contributed by atoms with van der Waals surface area (Å²) in [6.45, 7) is 5.10. The SMILES string of the molecule is Cc1ccn(-c2nc(NC3CCC(N)CC3)cc(N3CCOCC3)n2)n1. The highest BCUT2D eigenvalue weighted by Crippen LogP contribution is 2.24. The molecule has 0 radical (unpaired) electrons. The third-order valence-electron chi connectivity index (χ3n) is 5.09. The molecule has 1 aliphatic carbocycles. The van der Waals surface area contributed by atoms with Gasteiger partial charge in [0.1, 0.15) is 11.6 Å². The van der Waals surface area contributed by atoms with Gasteiger partial charge in [-0.3, -0.25) is 0 Å². The van der Waals surface area contributed by atoms with Gasteiger partial charge in [-0.25, -0.2) is 4.68 Å². The molecule has 0 bridgehead atoms. The second-order valence-corrected chi connectivity index (χ2v) is 7.17. The Balaban J connectivity index is 1.61. The van der Waals surface area contributed by atoms with Gasteiger partial charge in [-0.1, -0.05) is 0 Å². The second-order valence-electron chi connectivity index (χ2n) is 7.17. The molecule has 8 heteroatoms. The average molecular weight is 357 g/mol. The molecule has 0 spiro atoms. The van der Waals surface area contributed by atoms with Crippen LogP contribution in [0.4, 0.5) is 11.6 Å². The Kier molecular flexibility index (Phi) is 5.03. The van der Waals surface area contributed by atoms with Gasteiger partial charge in [0.05, 0.1) is 18.9 Å². The van der Waals surface area contributed by atoms with Crippen molar-refractivity contribution in [2.75, 3.05) is 36.5 Å². The minimum atomic E-state index is 0.338. The van der Waals surface area contributed by atoms with Gasteiger partial charge in [-0.2, -0.15) is 15.1 Å². The molecular weight excluding hydrogens is 330 g/mol. The Labute approximate surface area is 153 Å². The standard InChI is InChI=1S/C18H27N7O/c1-13-6-7-25(23-13)18-21-16(20-15-4-2-14(19)3-5-15)12-17(22-18)24-8-10-26-11-9-24/h6-7,12,14-15H,2-5,8-11,19H2,1H3,(H,20,21,22). The molecule has 26 heavy (non-hydrogen) atoms. The molecule has 0 aromatic carbocycles. The molecule has 2 aromatic rings. The minimum Gasteiger partial charge on any atom is -0.378 e. The molecule has 4 rings (SSSR count). The van der Waals surface area contributed by atoms with Crippen LogP contribution < -0.4 is 16.0 Å². The van der Waals surface area contributed by atoms with Gasteiger partial charge >= 0.3 is 0 Å². The highest BCUT2D eigenvalue weighted by molar-refractivity contribution is 5.52. The molecule has 0 unspecified atom stereocenters. The van der Waals surface area contributed by atoms with Gasteiger partial charge in [0.2, 0.25) is 0 Å². The van der Waals surface area contributed by atoms with Gasteiger partial charge in [0, 0.05) is 37.4 Å². The average Bonchev–Trinajstić information content (AvgIpc) is 3.11. The molecule has 0 amide bonds. The van der Waals surface area contributed by atoms with Gasteiger partial charge in [0.15, 0.2) is 0 Å². The molecule has 140 valence electrons. The van der Waals surface area contributed by atoms with Crippen molar-refractivity contribution in [2.24, 2.45) is 5.73 Å². The molecule has 1 saturated carbocycles.